The molecule has 116 valence electrons. The summed E-state index contributed by atoms with van der Waals surface area (Å²) in [5.74, 6) is -1.06. The molecule has 1 aliphatic heterocycles. The Morgan fingerprint density at radius 3 is 2.67 bits per heavy atom. The minimum atomic E-state index is -0.699. The number of hydrogen-bond acceptors (Lipinski definition) is 2. The van der Waals surface area contributed by atoms with Gasteiger partial charge in [0.2, 0.25) is 0 Å². The SMILES string of the molecule is CCCCCCCCN1Cc2ccccc2C(C(=O)O)C1. The summed E-state index contributed by atoms with van der Waals surface area (Å²) in [5, 5.41) is 9.44. The highest BCUT2D eigenvalue weighted by Crippen LogP contribution is 2.28. The number of unbranched alkanes of at least 4 members (excludes halogenated alkanes) is 5. The van der Waals surface area contributed by atoms with Crippen LogP contribution in [0.1, 0.15) is 62.5 Å². The third-order valence-corrected chi connectivity index (χ3v) is 4.39. The van der Waals surface area contributed by atoms with Gasteiger partial charge in [0.1, 0.15) is 0 Å². The van der Waals surface area contributed by atoms with E-state index in [1.807, 2.05) is 18.2 Å². The molecule has 0 saturated carbocycles. The fourth-order valence-electron chi connectivity index (χ4n) is 3.18. The van der Waals surface area contributed by atoms with Crippen molar-refractivity contribution < 1.29 is 9.90 Å². The molecule has 0 fully saturated rings. The quantitative estimate of drug-likeness (QED) is 0.734. The number of benzene rings is 1. The number of hydrogen-bond donors (Lipinski definition) is 1. The molecule has 0 aromatic heterocycles. The average molecular weight is 289 g/mol. The Morgan fingerprint density at radius 2 is 1.90 bits per heavy atom. The van der Waals surface area contributed by atoms with Crippen LogP contribution in [-0.4, -0.2) is 29.1 Å². The lowest BCUT2D eigenvalue weighted by molar-refractivity contribution is -0.139. The lowest BCUT2D eigenvalue weighted by Crippen LogP contribution is -2.37. The number of nitrogens with zero attached hydrogens (tertiary/aromatic N) is 1. The van der Waals surface area contributed by atoms with E-state index in [2.05, 4.69) is 17.9 Å². The highest BCUT2D eigenvalue weighted by atomic mass is 16.4. The first-order valence-electron chi connectivity index (χ1n) is 8.25. The van der Waals surface area contributed by atoms with Gasteiger partial charge in [-0.25, -0.2) is 0 Å². The summed E-state index contributed by atoms with van der Waals surface area (Å²) in [4.78, 5) is 13.8. The van der Waals surface area contributed by atoms with Crippen LogP contribution >= 0.6 is 0 Å². The number of fused-ring (bicyclic) bond motifs is 1. The normalized spacial score (nSPS) is 18.4. The molecule has 0 aliphatic carbocycles. The highest BCUT2D eigenvalue weighted by Gasteiger charge is 2.29. The minimum absolute atomic E-state index is 0.366. The van der Waals surface area contributed by atoms with Crippen molar-refractivity contribution in [2.75, 3.05) is 13.1 Å². The van der Waals surface area contributed by atoms with E-state index in [0.29, 0.717) is 6.54 Å². The number of rotatable bonds is 8. The van der Waals surface area contributed by atoms with Crippen LogP contribution < -0.4 is 0 Å². The van der Waals surface area contributed by atoms with Gasteiger partial charge in [0.25, 0.3) is 0 Å². The Morgan fingerprint density at radius 1 is 1.19 bits per heavy atom. The number of carboxylic acids is 1. The first kappa shape index (κ1) is 16.0. The Balaban J connectivity index is 1.85. The Kier molecular flexibility index (Phi) is 6.24. The van der Waals surface area contributed by atoms with Gasteiger partial charge in [0.15, 0.2) is 0 Å². The molecule has 1 unspecified atom stereocenters. The van der Waals surface area contributed by atoms with Crippen molar-refractivity contribution in [2.24, 2.45) is 0 Å². The molecule has 1 aromatic carbocycles. The second-order valence-corrected chi connectivity index (χ2v) is 6.09. The Labute approximate surface area is 128 Å². The second kappa shape index (κ2) is 8.18. The van der Waals surface area contributed by atoms with Crippen LogP contribution in [0.4, 0.5) is 0 Å². The molecule has 3 heteroatoms. The van der Waals surface area contributed by atoms with E-state index in [4.69, 9.17) is 0 Å². The van der Waals surface area contributed by atoms with E-state index in [0.717, 1.165) is 18.7 Å². The molecule has 0 amide bonds. The summed E-state index contributed by atoms with van der Waals surface area (Å²) in [7, 11) is 0. The zero-order valence-corrected chi connectivity index (χ0v) is 13.1. The van der Waals surface area contributed by atoms with Crippen molar-refractivity contribution in [3.63, 3.8) is 0 Å². The molecule has 1 atom stereocenters. The van der Waals surface area contributed by atoms with Crippen molar-refractivity contribution in [3.05, 3.63) is 35.4 Å². The average Bonchev–Trinajstić information content (AvgIpc) is 2.49. The van der Waals surface area contributed by atoms with E-state index < -0.39 is 5.97 Å². The fourth-order valence-corrected chi connectivity index (χ4v) is 3.18. The summed E-state index contributed by atoms with van der Waals surface area (Å²) in [6.07, 6.45) is 7.69. The lowest BCUT2D eigenvalue weighted by Gasteiger charge is -2.32. The molecule has 2 rings (SSSR count). The van der Waals surface area contributed by atoms with Crippen LogP contribution in [0.25, 0.3) is 0 Å². The van der Waals surface area contributed by atoms with Crippen LogP contribution in [0.3, 0.4) is 0 Å². The molecule has 3 nitrogen and oxygen atoms in total. The molecule has 0 radical (unpaired) electrons. The maximum absolute atomic E-state index is 11.5. The monoisotopic (exact) mass is 289 g/mol. The first-order chi connectivity index (χ1) is 10.2. The topological polar surface area (TPSA) is 40.5 Å². The molecule has 0 spiro atoms. The van der Waals surface area contributed by atoms with Crippen molar-refractivity contribution in [2.45, 2.75) is 57.9 Å². The van der Waals surface area contributed by atoms with Gasteiger partial charge in [0, 0.05) is 13.1 Å². The fraction of sp³-hybridized carbons (Fsp3) is 0.611. The molecular formula is C18H27NO2. The van der Waals surface area contributed by atoms with Crippen molar-refractivity contribution >= 4 is 5.97 Å². The van der Waals surface area contributed by atoms with Crippen molar-refractivity contribution in [3.8, 4) is 0 Å². The van der Waals surface area contributed by atoms with E-state index in [-0.39, 0.29) is 5.92 Å². The van der Waals surface area contributed by atoms with Gasteiger partial charge < -0.3 is 5.11 Å². The molecule has 1 N–H and O–H groups in total. The molecular weight excluding hydrogens is 262 g/mol. The summed E-state index contributed by atoms with van der Waals surface area (Å²) >= 11 is 0. The summed E-state index contributed by atoms with van der Waals surface area (Å²) in [5.41, 5.74) is 2.19. The summed E-state index contributed by atoms with van der Waals surface area (Å²) in [6, 6.07) is 7.99. The van der Waals surface area contributed by atoms with E-state index in [9.17, 15) is 9.90 Å². The predicted octanol–water partition coefficient (Wildman–Crippen LogP) is 4.03. The maximum Gasteiger partial charge on any atom is 0.312 e. The minimum Gasteiger partial charge on any atom is -0.481 e. The zero-order valence-electron chi connectivity index (χ0n) is 13.1. The van der Waals surface area contributed by atoms with Gasteiger partial charge in [-0.05, 0) is 24.1 Å². The van der Waals surface area contributed by atoms with Crippen LogP contribution in [0.2, 0.25) is 0 Å². The zero-order chi connectivity index (χ0) is 15.1. The van der Waals surface area contributed by atoms with Gasteiger partial charge in [-0.2, -0.15) is 0 Å². The van der Waals surface area contributed by atoms with Gasteiger partial charge in [-0.1, -0.05) is 63.3 Å². The second-order valence-electron chi connectivity index (χ2n) is 6.09. The van der Waals surface area contributed by atoms with Gasteiger partial charge >= 0.3 is 5.97 Å². The smallest absolute Gasteiger partial charge is 0.312 e. The van der Waals surface area contributed by atoms with E-state index in [1.54, 1.807) is 0 Å². The van der Waals surface area contributed by atoms with Crippen LogP contribution in [0.5, 0.6) is 0 Å². The Bertz CT molecular complexity index is 458. The number of carbonyl (C=O) groups is 1. The first-order valence-corrected chi connectivity index (χ1v) is 8.25. The molecule has 21 heavy (non-hydrogen) atoms. The highest BCUT2D eigenvalue weighted by molar-refractivity contribution is 5.77. The van der Waals surface area contributed by atoms with Crippen LogP contribution in [-0.2, 0) is 11.3 Å². The largest absolute Gasteiger partial charge is 0.481 e. The van der Waals surface area contributed by atoms with Gasteiger partial charge in [0.05, 0.1) is 5.92 Å². The molecule has 1 aliphatic rings. The molecule has 0 saturated heterocycles. The molecule has 1 heterocycles. The Hall–Kier alpha value is -1.35. The van der Waals surface area contributed by atoms with Crippen molar-refractivity contribution in [1.82, 2.24) is 4.90 Å². The maximum atomic E-state index is 11.5. The lowest BCUT2D eigenvalue weighted by atomic mass is 9.89. The number of aliphatic carboxylic acids is 1. The molecule has 0 bridgehead atoms. The summed E-state index contributed by atoms with van der Waals surface area (Å²) < 4.78 is 0. The third kappa shape index (κ3) is 4.57. The van der Waals surface area contributed by atoms with Gasteiger partial charge in [-0.3, -0.25) is 9.69 Å². The van der Waals surface area contributed by atoms with Gasteiger partial charge in [-0.15, -0.1) is 0 Å². The van der Waals surface area contributed by atoms with E-state index in [1.165, 1.54) is 44.1 Å². The van der Waals surface area contributed by atoms with Crippen molar-refractivity contribution in [1.29, 1.82) is 0 Å². The standard InChI is InChI=1S/C18H27NO2/c1-2-3-4-5-6-9-12-19-13-15-10-7-8-11-16(15)17(14-19)18(20)21/h7-8,10-11,17H,2-6,9,12-14H2,1H3,(H,20,21). The van der Waals surface area contributed by atoms with Crippen LogP contribution in [0, 0.1) is 0 Å². The summed E-state index contributed by atoms with van der Waals surface area (Å²) in [6.45, 7) is 4.80. The number of carboxylic acid groups (broad SMARTS) is 1. The predicted molar refractivity (Wildman–Crippen MR) is 85.5 cm³/mol. The van der Waals surface area contributed by atoms with E-state index >= 15 is 0 Å². The van der Waals surface area contributed by atoms with Crippen LogP contribution in [0.15, 0.2) is 24.3 Å². The molecule has 1 aromatic rings. The third-order valence-electron chi connectivity index (χ3n) is 4.39.